The lowest BCUT2D eigenvalue weighted by Gasteiger charge is -2.11. The number of ether oxygens (including phenoxy) is 1. The van der Waals surface area contributed by atoms with Crippen LogP contribution in [0.15, 0.2) is 42.5 Å². The third-order valence-corrected chi connectivity index (χ3v) is 4.36. The fourth-order valence-electron chi connectivity index (χ4n) is 2.24. The Hall–Kier alpha value is -3.12. The summed E-state index contributed by atoms with van der Waals surface area (Å²) in [5.74, 6) is 0.471. The summed E-state index contributed by atoms with van der Waals surface area (Å²) in [7, 11) is 0. The van der Waals surface area contributed by atoms with Crippen LogP contribution < -0.4 is 10.1 Å². The van der Waals surface area contributed by atoms with Crippen LogP contribution in [0, 0.1) is 18.3 Å². The standard InChI is InChI=1S/C18H13F3N4OS/c1-11-24-25-17(27-11)10-23-14-4-7-16(12(8-14)9-22)26-15-5-2-13(3-6-15)18(19,20)21/h2-8,23H,10H2,1H3. The van der Waals surface area contributed by atoms with E-state index >= 15 is 0 Å². The van der Waals surface area contributed by atoms with Gasteiger partial charge in [-0.3, -0.25) is 0 Å². The monoisotopic (exact) mass is 390 g/mol. The largest absolute Gasteiger partial charge is 0.456 e. The molecule has 0 unspecified atom stereocenters. The lowest BCUT2D eigenvalue weighted by atomic mass is 10.2. The van der Waals surface area contributed by atoms with E-state index in [-0.39, 0.29) is 17.1 Å². The first kappa shape index (κ1) is 18.7. The number of aryl methyl sites for hydroxylation is 1. The molecule has 27 heavy (non-hydrogen) atoms. The number of benzene rings is 2. The summed E-state index contributed by atoms with van der Waals surface area (Å²) in [5, 5.41) is 22.1. The Bertz CT molecular complexity index is 978. The minimum absolute atomic E-state index is 0.213. The van der Waals surface area contributed by atoms with Gasteiger partial charge in [-0.05, 0) is 49.4 Å². The van der Waals surface area contributed by atoms with E-state index < -0.39 is 11.7 Å². The van der Waals surface area contributed by atoms with Crippen LogP contribution in [-0.2, 0) is 12.7 Å². The average molecular weight is 390 g/mol. The highest BCUT2D eigenvalue weighted by Gasteiger charge is 2.30. The van der Waals surface area contributed by atoms with Crippen molar-refractivity contribution in [3.63, 3.8) is 0 Å². The molecule has 0 amide bonds. The van der Waals surface area contributed by atoms with Crippen molar-refractivity contribution in [3.05, 3.63) is 63.6 Å². The quantitative estimate of drug-likeness (QED) is 0.653. The van der Waals surface area contributed by atoms with Gasteiger partial charge in [0.05, 0.1) is 17.7 Å². The Morgan fingerprint density at radius 2 is 1.89 bits per heavy atom. The maximum atomic E-state index is 12.6. The first-order chi connectivity index (χ1) is 12.8. The van der Waals surface area contributed by atoms with Crippen molar-refractivity contribution in [1.29, 1.82) is 5.26 Å². The van der Waals surface area contributed by atoms with E-state index in [9.17, 15) is 18.4 Å². The van der Waals surface area contributed by atoms with Gasteiger partial charge in [0.25, 0.3) is 0 Å². The molecule has 0 fully saturated rings. The molecule has 2 aromatic carbocycles. The lowest BCUT2D eigenvalue weighted by Crippen LogP contribution is -2.04. The van der Waals surface area contributed by atoms with E-state index in [1.54, 1.807) is 18.2 Å². The number of hydrogen-bond acceptors (Lipinski definition) is 6. The van der Waals surface area contributed by atoms with Gasteiger partial charge in [-0.2, -0.15) is 18.4 Å². The van der Waals surface area contributed by atoms with Crippen LogP contribution in [0.2, 0.25) is 0 Å². The predicted molar refractivity (Wildman–Crippen MR) is 94.6 cm³/mol. The Labute approximate surface area is 157 Å². The van der Waals surface area contributed by atoms with E-state index in [0.717, 1.165) is 22.1 Å². The summed E-state index contributed by atoms with van der Waals surface area (Å²) in [6.07, 6.45) is -4.41. The molecule has 0 aliphatic carbocycles. The van der Waals surface area contributed by atoms with E-state index in [4.69, 9.17) is 4.74 Å². The Morgan fingerprint density at radius 1 is 1.15 bits per heavy atom. The summed E-state index contributed by atoms with van der Waals surface area (Å²) < 4.78 is 43.4. The van der Waals surface area contributed by atoms with E-state index in [1.165, 1.54) is 23.5 Å². The number of hydrogen-bond donors (Lipinski definition) is 1. The molecular formula is C18H13F3N4OS. The van der Waals surface area contributed by atoms with Crippen LogP contribution in [0.4, 0.5) is 18.9 Å². The molecule has 0 aliphatic heterocycles. The topological polar surface area (TPSA) is 70.8 Å². The molecule has 0 atom stereocenters. The molecule has 0 aliphatic rings. The number of aromatic nitrogens is 2. The fourth-order valence-corrected chi connectivity index (χ4v) is 2.89. The van der Waals surface area contributed by atoms with E-state index in [1.807, 2.05) is 13.0 Å². The van der Waals surface area contributed by atoms with E-state index in [0.29, 0.717) is 12.2 Å². The zero-order chi connectivity index (χ0) is 19.4. The number of alkyl halides is 3. The van der Waals surface area contributed by atoms with Crippen LogP contribution in [0.5, 0.6) is 11.5 Å². The summed E-state index contributed by atoms with van der Waals surface area (Å²) in [6, 6.07) is 11.2. The second-order valence-electron chi connectivity index (χ2n) is 5.52. The molecule has 0 radical (unpaired) electrons. The highest BCUT2D eigenvalue weighted by Crippen LogP contribution is 2.32. The highest BCUT2D eigenvalue weighted by molar-refractivity contribution is 7.11. The SMILES string of the molecule is Cc1nnc(CNc2ccc(Oc3ccc(C(F)(F)F)cc3)c(C#N)c2)s1. The molecule has 0 spiro atoms. The van der Waals surface area contributed by atoms with Gasteiger partial charge >= 0.3 is 6.18 Å². The first-order valence-corrected chi connectivity index (χ1v) is 8.59. The molecule has 3 aromatic rings. The fraction of sp³-hybridized carbons (Fsp3) is 0.167. The van der Waals surface area contributed by atoms with Crippen molar-refractivity contribution in [2.75, 3.05) is 5.32 Å². The number of rotatable bonds is 5. The average Bonchev–Trinajstić information content (AvgIpc) is 3.06. The summed E-state index contributed by atoms with van der Waals surface area (Å²) in [5.41, 5.74) is 0.189. The predicted octanol–water partition coefficient (Wildman–Crippen LogP) is 5.14. The van der Waals surface area contributed by atoms with Crippen molar-refractivity contribution in [2.45, 2.75) is 19.6 Å². The molecule has 3 rings (SSSR count). The normalized spacial score (nSPS) is 11.1. The molecule has 138 valence electrons. The Balaban J connectivity index is 1.71. The van der Waals surface area contributed by atoms with Crippen LogP contribution in [0.25, 0.3) is 0 Å². The van der Waals surface area contributed by atoms with Crippen molar-refractivity contribution in [2.24, 2.45) is 0 Å². The maximum Gasteiger partial charge on any atom is 0.416 e. The third kappa shape index (κ3) is 4.74. The van der Waals surface area contributed by atoms with Crippen molar-refractivity contribution < 1.29 is 17.9 Å². The van der Waals surface area contributed by atoms with Crippen molar-refractivity contribution >= 4 is 17.0 Å². The highest BCUT2D eigenvalue weighted by atomic mass is 32.1. The molecule has 9 heteroatoms. The smallest absolute Gasteiger partial charge is 0.416 e. The number of anilines is 1. The Morgan fingerprint density at radius 3 is 2.48 bits per heavy atom. The van der Waals surface area contributed by atoms with Crippen molar-refractivity contribution in [1.82, 2.24) is 10.2 Å². The molecule has 5 nitrogen and oxygen atoms in total. The first-order valence-electron chi connectivity index (χ1n) is 7.77. The second kappa shape index (κ2) is 7.63. The molecule has 0 saturated carbocycles. The third-order valence-electron chi connectivity index (χ3n) is 3.52. The summed E-state index contributed by atoms with van der Waals surface area (Å²) in [4.78, 5) is 0. The molecule has 1 aromatic heterocycles. The zero-order valence-corrected chi connectivity index (χ0v) is 14.9. The van der Waals surface area contributed by atoms with Gasteiger partial charge in [0.1, 0.15) is 27.6 Å². The number of nitrogens with zero attached hydrogens (tertiary/aromatic N) is 3. The van der Waals surface area contributed by atoms with Gasteiger partial charge in [0.15, 0.2) is 0 Å². The Kier molecular flexibility index (Phi) is 5.28. The van der Waals surface area contributed by atoms with Gasteiger partial charge in [-0.15, -0.1) is 10.2 Å². The lowest BCUT2D eigenvalue weighted by molar-refractivity contribution is -0.137. The molecular weight excluding hydrogens is 377 g/mol. The minimum atomic E-state index is -4.41. The second-order valence-corrected chi connectivity index (χ2v) is 6.78. The van der Waals surface area contributed by atoms with Gasteiger partial charge < -0.3 is 10.1 Å². The van der Waals surface area contributed by atoms with Crippen LogP contribution in [0.3, 0.4) is 0 Å². The van der Waals surface area contributed by atoms with Gasteiger partial charge in [-0.1, -0.05) is 11.3 Å². The number of halogens is 3. The van der Waals surface area contributed by atoms with Gasteiger partial charge in [0.2, 0.25) is 0 Å². The summed E-state index contributed by atoms with van der Waals surface area (Å²) >= 11 is 1.47. The molecule has 0 saturated heterocycles. The maximum absolute atomic E-state index is 12.6. The van der Waals surface area contributed by atoms with Gasteiger partial charge in [0, 0.05) is 5.69 Å². The number of nitriles is 1. The van der Waals surface area contributed by atoms with Crippen LogP contribution >= 0.6 is 11.3 Å². The van der Waals surface area contributed by atoms with Crippen LogP contribution in [0.1, 0.15) is 21.1 Å². The van der Waals surface area contributed by atoms with Crippen LogP contribution in [-0.4, -0.2) is 10.2 Å². The number of nitrogens with one attached hydrogen (secondary N) is 1. The van der Waals surface area contributed by atoms with E-state index in [2.05, 4.69) is 15.5 Å². The molecule has 0 bridgehead atoms. The summed E-state index contributed by atoms with van der Waals surface area (Å²) in [6.45, 7) is 2.33. The molecule has 1 heterocycles. The zero-order valence-electron chi connectivity index (χ0n) is 14.0. The van der Waals surface area contributed by atoms with Gasteiger partial charge in [-0.25, -0.2) is 0 Å². The molecule has 1 N–H and O–H groups in total. The minimum Gasteiger partial charge on any atom is -0.456 e. The van der Waals surface area contributed by atoms with Crippen molar-refractivity contribution in [3.8, 4) is 17.6 Å².